The summed E-state index contributed by atoms with van der Waals surface area (Å²) in [5.41, 5.74) is -0.644. The Balaban J connectivity index is 2.72. The van der Waals surface area contributed by atoms with E-state index in [1.807, 2.05) is 6.07 Å². The fraction of sp³-hybridized carbons (Fsp3) is 0.818. The highest BCUT2D eigenvalue weighted by Crippen LogP contribution is 2.23. The summed E-state index contributed by atoms with van der Waals surface area (Å²) in [5, 5.41) is 8.96. The smallest absolute Gasteiger partial charge is 0.410 e. The molecule has 7 nitrogen and oxygen atoms in total. The number of likely N-dealkylation sites (tertiary alicyclic amines) is 1. The van der Waals surface area contributed by atoms with E-state index in [9.17, 15) is 13.2 Å². The van der Waals surface area contributed by atoms with Crippen LogP contribution in [0, 0.1) is 17.2 Å². The van der Waals surface area contributed by atoms with Crippen LogP contribution in [0.25, 0.3) is 0 Å². The van der Waals surface area contributed by atoms with Crippen molar-refractivity contribution in [1.82, 2.24) is 4.90 Å². The number of nitrogens with zero attached hydrogens (tertiary/aromatic N) is 2. The van der Waals surface area contributed by atoms with Crippen molar-refractivity contribution in [2.75, 3.05) is 19.3 Å². The molecule has 1 heterocycles. The molecule has 0 radical (unpaired) electrons. The number of ether oxygens (including phenoxy) is 1. The van der Waals surface area contributed by atoms with Crippen molar-refractivity contribution in [3.8, 4) is 6.07 Å². The molecule has 2 atom stereocenters. The summed E-state index contributed by atoms with van der Waals surface area (Å²) in [7, 11) is -3.66. The van der Waals surface area contributed by atoms with Crippen LogP contribution < -0.4 is 0 Å². The lowest BCUT2D eigenvalue weighted by molar-refractivity contribution is 0.0275. The molecule has 0 aliphatic carbocycles. The summed E-state index contributed by atoms with van der Waals surface area (Å²) < 4.78 is 32.2. The van der Waals surface area contributed by atoms with Gasteiger partial charge in [0.1, 0.15) is 11.7 Å². The van der Waals surface area contributed by atoms with Crippen molar-refractivity contribution in [3.63, 3.8) is 0 Å². The van der Waals surface area contributed by atoms with Crippen LogP contribution in [0.4, 0.5) is 4.79 Å². The number of amides is 1. The maximum Gasteiger partial charge on any atom is 0.410 e. The van der Waals surface area contributed by atoms with Gasteiger partial charge in [-0.15, -0.1) is 0 Å². The van der Waals surface area contributed by atoms with Gasteiger partial charge in [-0.05, 0) is 20.8 Å². The molecule has 0 aromatic rings. The molecule has 2 unspecified atom stereocenters. The van der Waals surface area contributed by atoms with Gasteiger partial charge in [0.2, 0.25) is 0 Å². The Hall–Kier alpha value is -1.33. The van der Waals surface area contributed by atoms with E-state index in [2.05, 4.69) is 0 Å². The normalized spacial score (nSPS) is 24.1. The Labute approximate surface area is 113 Å². The van der Waals surface area contributed by atoms with Gasteiger partial charge in [0.05, 0.1) is 24.8 Å². The van der Waals surface area contributed by atoms with Gasteiger partial charge in [0.25, 0.3) is 10.1 Å². The fourth-order valence-electron chi connectivity index (χ4n) is 1.70. The van der Waals surface area contributed by atoms with Gasteiger partial charge in [-0.2, -0.15) is 13.7 Å². The zero-order valence-corrected chi connectivity index (χ0v) is 12.2. The topological polar surface area (TPSA) is 96.7 Å². The van der Waals surface area contributed by atoms with Gasteiger partial charge in [0.15, 0.2) is 0 Å². The van der Waals surface area contributed by atoms with Crippen LogP contribution in [0.5, 0.6) is 0 Å². The van der Waals surface area contributed by atoms with Crippen molar-refractivity contribution < 1.29 is 22.1 Å². The van der Waals surface area contributed by atoms with Crippen LogP contribution in [0.15, 0.2) is 0 Å². The largest absolute Gasteiger partial charge is 0.444 e. The quantitative estimate of drug-likeness (QED) is 0.695. The van der Waals surface area contributed by atoms with E-state index in [1.165, 1.54) is 4.90 Å². The molecule has 0 aromatic heterocycles. The Bertz CT molecular complexity index is 488. The highest BCUT2D eigenvalue weighted by atomic mass is 32.2. The van der Waals surface area contributed by atoms with Gasteiger partial charge < -0.3 is 9.64 Å². The summed E-state index contributed by atoms with van der Waals surface area (Å²) in [6.45, 7) is 5.32. The maximum absolute atomic E-state index is 11.8. The molecule has 19 heavy (non-hydrogen) atoms. The van der Waals surface area contributed by atoms with E-state index in [4.69, 9.17) is 14.2 Å². The average Bonchev–Trinajstić information content (AvgIpc) is 2.55. The SMILES string of the molecule is CC(C)(C)OC(=O)N1CC(C#N)C(OS(C)(=O)=O)C1. The molecular formula is C11H18N2O5S. The molecule has 108 valence electrons. The lowest BCUT2D eigenvalue weighted by Gasteiger charge is -2.24. The van der Waals surface area contributed by atoms with Crippen molar-refractivity contribution in [2.24, 2.45) is 5.92 Å². The summed E-state index contributed by atoms with van der Waals surface area (Å²) in [6, 6.07) is 1.95. The number of carbonyl (C=O) groups is 1. The predicted octanol–water partition coefficient (Wildman–Crippen LogP) is 0.722. The number of carbonyl (C=O) groups excluding carboxylic acids is 1. The molecule has 1 rings (SSSR count). The first-order valence-corrected chi connectivity index (χ1v) is 7.59. The first-order valence-electron chi connectivity index (χ1n) is 5.77. The first kappa shape index (κ1) is 15.7. The lowest BCUT2D eigenvalue weighted by Crippen LogP contribution is -2.36. The third-order valence-electron chi connectivity index (χ3n) is 2.38. The summed E-state index contributed by atoms with van der Waals surface area (Å²) in [4.78, 5) is 13.1. The fourth-order valence-corrected chi connectivity index (χ4v) is 2.34. The van der Waals surface area contributed by atoms with Crippen LogP contribution in [0.2, 0.25) is 0 Å². The zero-order chi connectivity index (χ0) is 14.8. The van der Waals surface area contributed by atoms with E-state index >= 15 is 0 Å². The Morgan fingerprint density at radius 3 is 2.37 bits per heavy atom. The Morgan fingerprint density at radius 1 is 1.37 bits per heavy atom. The standard InChI is InChI=1S/C11H18N2O5S/c1-11(2,3)17-10(14)13-6-8(5-12)9(7-13)18-19(4,15)16/h8-9H,6-7H2,1-4H3. The van der Waals surface area contributed by atoms with Crippen LogP contribution in [-0.4, -0.2) is 50.5 Å². The third-order valence-corrected chi connectivity index (χ3v) is 2.98. The van der Waals surface area contributed by atoms with E-state index in [-0.39, 0.29) is 13.1 Å². The van der Waals surface area contributed by atoms with Gasteiger partial charge in [-0.1, -0.05) is 0 Å². The highest BCUT2D eigenvalue weighted by Gasteiger charge is 2.39. The van der Waals surface area contributed by atoms with E-state index in [0.717, 1.165) is 6.26 Å². The van der Waals surface area contributed by atoms with E-state index in [1.54, 1.807) is 20.8 Å². The second-order valence-electron chi connectivity index (χ2n) is 5.46. The Kier molecular flexibility index (Phi) is 4.43. The van der Waals surface area contributed by atoms with Crippen molar-refractivity contribution in [1.29, 1.82) is 5.26 Å². The van der Waals surface area contributed by atoms with Gasteiger partial charge in [-0.3, -0.25) is 4.18 Å². The number of hydrogen-bond donors (Lipinski definition) is 0. The second-order valence-corrected chi connectivity index (χ2v) is 7.06. The van der Waals surface area contributed by atoms with Crippen molar-refractivity contribution in [3.05, 3.63) is 0 Å². The molecule has 1 amide bonds. The molecule has 1 aliphatic heterocycles. The van der Waals surface area contributed by atoms with Crippen LogP contribution in [-0.2, 0) is 19.0 Å². The predicted molar refractivity (Wildman–Crippen MR) is 66.6 cm³/mol. The summed E-state index contributed by atoms with van der Waals surface area (Å²) in [6.07, 6.45) is -0.503. The molecule has 1 fully saturated rings. The molecule has 1 aliphatic rings. The van der Waals surface area contributed by atoms with Crippen LogP contribution >= 0.6 is 0 Å². The molecule has 0 bridgehead atoms. The van der Waals surface area contributed by atoms with E-state index < -0.39 is 33.8 Å². The van der Waals surface area contributed by atoms with Crippen LogP contribution in [0.3, 0.4) is 0 Å². The number of rotatable bonds is 2. The highest BCUT2D eigenvalue weighted by molar-refractivity contribution is 7.86. The minimum atomic E-state index is -3.66. The molecule has 1 saturated heterocycles. The van der Waals surface area contributed by atoms with Crippen molar-refractivity contribution in [2.45, 2.75) is 32.5 Å². The molecule has 0 N–H and O–H groups in total. The molecule has 0 saturated carbocycles. The third kappa shape index (κ3) is 5.04. The molecule has 0 spiro atoms. The number of nitriles is 1. The zero-order valence-electron chi connectivity index (χ0n) is 11.4. The first-order chi connectivity index (χ1) is 8.52. The molecular weight excluding hydrogens is 272 g/mol. The van der Waals surface area contributed by atoms with Crippen LogP contribution in [0.1, 0.15) is 20.8 Å². The number of hydrogen-bond acceptors (Lipinski definition) is 6. The average molecular weight is 290 g/mol. The maximum atomic E-state index is 11.8. The monoisotopic (exact) mass is 290 g/mol. The molecule has 0 aromatic carbocycles. The molecule has 8 heteroatoms. The summed E-state index contributed by atoms with van der Waals surface area (Å²) in [5.74, 6) is -0.678. The minimum Gasteiger partial charge on any atom is -0.444 e. The van der Waals surface area contributed by atoms with E-state index in [0.29, 0.717) is 0 Å². The van der Waals surface area contributed by atoms with Gasteiger partial charge in [0, 0.05) is 6.54 Å². The second kappa shape index (κ2) is 5.35. The van der Waals surface area contributed by atoms with Gasteiger partial charge in [-0.25, -0.2) is 4.79 Å². The lowest BCUT2D eigenvalue weighted by atomic mass is 10.1. The van der Waals surface area contributed by atoms with Gasteiger partial charge >= 0.3 is 6.09 Å². The van der Waals surface area contributed by atoms with Crippen molar-refractivity contribution >= 4 is 16.2 Å². The summed E-state index contributed by atoms with van der Waals surface area (Å²) >= 11 is 0. The Morgan fingerprint density at radius 2 is 1.95 bits per heavy atom. The minimum absolute atomic E-state index is 0.0280.